The van der Waals surface area contributed by atoms with Gasteiger partial charge in [-0.25, -0.2) is 0 Å². The van der Waals surface area contributed by atoms with Crippen molar-refractivity contribution < 1.29 is 9.53 Å². The lowest BCUT2D eigenvalue weighted by Gasteiger charge is -2.37. The summed E-state index contributed by atoms with van der Waals surface area (Å²) in [7, 11) is 2.20. The molecule has 3 fully saturated rings. The fraction of sp³-hybridized carbons (Fsp3) is 0.895. The van der Waals surface area contributed by atoms with Gasteiger partial charge < -0.3 is 24.8 Å². The Morgan fingerprint density at radius 3 is 2.48 bits per heavy atom. The van der Waals surface area contributed by atoms with Crippen molar-refractivity contribution in [1.82, 2.24) is 20.0 Å². The van der Waals surface area contributed by atoms with Crippen LogP contribution < -0.4 is 5.32 Å². The van der Waals surface area contributed by atoms with E-state index in [4.69, 9.17) is 9.73 Å². The van der Waals surface area contributed by atoms with E-state index < -0.39 is 0 Å². The molecule has 2 atom stereocenters. The van der Waals surface area contributed by atoms with Gasteiger partial charge in [-0.2, -0.15) is 0 Å². The van der Waals surface area contributed by atoms with Crippen molar-refractivity contribution in [3.05, 3.63) is 0 Å². The molecule has 0 aromatic heterocycles. The van der Waals surface area contributed by atoms with Crippen molar-refractivity contribution in [3.8, 4) is 0 Å². The average Bonchev–Trinajstić information content (AvgIpc) is 3.19. The van der Waals surface area contributed by atoms with Crippen LogP contribution in [0.1, 0.15) is 32.6 Å². The number of halogens is 1. The minimum Gasteiger partial charge on any atom is -0.368 e. The van der Waals surface area contributed by atoms with E-state index in [9.17, 15) is 4.79 Å². The zero-order valence-electron chi connectivity index (χ0n) is 16.9. The van der Waals surface area contributed by atoms with Crippen LogP contribution in [0.3, 0.4) is 0 Å². The van der Waals surface area contributed by atoms with E-state index in [1.807, 2.05) is 4.90 Å². The zero-order chi connectivity index (χ0) is 18.4. The molecule has 0 radical (unpaired) electrons. The number of hydrogen-bond acceptors (Lipinski definition) is 4. The number of hydrogen-bond donors (Lipinski definition) is 1. The molecular weight excluding hydrogens is 457 g/mol. The number of carbonyl (C=O) groups excluding carboxylic acids is 1. The molecule has 156 valence electrons. The Morgan fingerprint density at radius 2 is 1.85 bits per heavy atom. The smallest absolute Gasteiger partial charge is 0.251 e. The molecule has 27 heavy (non-hydrogen) atoms. The third-order valence-electron chi connectivity index (χ3n) is 5.65. The predicted molar refractivity (Wildman–Crippen MR) is 119 cm³/mol. The number of nitrogens with one attached hydrogen (secondary N) is 1. The number of nitrogens with zero attached hydrogens (tertiary/aromatic N) is 4. The van der Waals surface area contributed by atoms with E-state index in [2.05, 4.69) is 29.1 Å². The lowest BCUT2D eigenvalue weighted by Crippen LogP contribution is -2.55. The van der Waals surface area contributed by atoms with Gasteiger partial charge in [-0.05, 0) is 52.1 Å². The Bertz CT molecular complexity index is 490. The van der Waals surface area contributed by atoms with Crippen LogP contribution in [0.25, 0.3) is 0 Å². The van der Waals surface area contributed by atoms with Crippen LogP contribution in [0.4, 0.5) is 0 Å². The standard InChI is InChI=1S/C19H35N5O2.HI/c1-3-20-19(21-14-16-6-4-8-22(2)15-16)24-11-9-23(10-12-24)18(25)17-7-5-13-26-17;/h16-17H,3-15H2,1-2H3,(H,20,21);1H. The number of carbonyl (C=O) groups is 1. The summed E-state index contributed by atoms with van der Waals surface area (Å²) in [5.41, 5.74) is 0. The van der Waals surface area contributed by atoms with Crippen molar-refractivity contribution in [2.24, 2.45) is 10.9 Å². The quantitative estimate of drug-likeness (QED) is 0.363. The van der Waals surface area contributed by atoms with Crippen LogP contribution in [-0.2, 0) is 9.53 Å². The Kier molecular flexibility index (Phi) is 9.58. The average molecular weight is 493 g/mol. The van der Waals surface area contributed by atoms with Gasteiger partial charge in [0.15, 0.2) is 5.96 Å². The van der Waals surface area contributed by atoms with E-state index in [0.717, 1.165) is 71.2 Å². The maximum absolute atomic E-state index is 12.5. The van der Waals surface area contributed by atoms with Crippen LogP contribution >= 0.6 is 24.0 Å². The first-order valence-corrected chi connectivity index (χ1v) is 10.3. The first-order valence-electron chi connectivity index (χ1n) is 10.3. The Balaban J connectivity index is 0.00000261. The topological polar surface area (TPSA) is 60.4 Å². The first-order chi connectivity index (χ1) is 12.7. The Hall–Kier alpha value is -0.610. The van der Waals surface area contributed by atoms with Crippen LogP contribution in [0.2, 0.25) is 0 Å². The van der Waals surface area contributed by atoms with Crippen molar-refractivity contribution in [2.45, 2.75) is 38.7 Å². The summed E-state index contributed by atoms with van der Waals surface area (Å²) in [5.74, 6) is 1.84. The summed E-state index contributed by atoms with van der Waals surface area (Å²) in [6.07, 6.45) is 4.23. The molecule has 0 aromatic carbocycles. The summed E-state index contributed by atoms with van der Waals surface area (Å²) in [6.45, 7) is 10.2. The molecule has 8 heteroatoms. The molecule has 1 amide bonds. The molecule has 2 unspecified atom stereocenters. The third kappa shape index (κ3) is 6.45. The fourth-order valence-corrected chi connectivity index (χ4v) is 4.18. The maximum Gasteiger partial charge on any atom is 0.251 e. The van der Waals surface area contributed by atoms with Crippen LogP contribution in [0, 0.1) is 5.92 Å². The summed E-state index contributed by atoms with van der Waals surface area (Å²) in [6, 6.07) is 0. The second kappa shape index (κ2) is 11.4. The van der Waals surface area contributed by atoms with E-state index in [1.54, 1.807) is 0 Å². The van der Waals surface area contributed by atoms with Crippen LogP contribution in [0.15, 0.2) is 4.99 Å². The van der Waals surface area contributed by atoms with E-state index in [0.29, 0.717) is 5.92 Å². The summed E-state index contributed by atoms with van der Waals surface area (Å²) >= 11 is 0. The predicted octanol–water partition coefficient (Wildman–Crippen LogP) is 1.23. The van der Waals surface area contributed by atoms with Crippen LogP contribution in [0.5, 0.6) is 0 Å². The fourth-order valence-electron chi connectivity index (χ4n) is 4.18. The van der Waals surface area contributed by atoms with Crippen molar-refractivity contribution in [2.75, 3.05) is 66.0 Å². The van der Waals surface area contributed by atoms with Gasteiger partial charge in [0.05, 0.1) is 0 Å². The maximum atomic E-state index is 12.5. The molecule has 3 rings (SSSR count). The molecule has 3 aliphatic rings. The van der Waals surface area contributed by atoms with E-state index in [-0.39, 0.29) is 36.0 Å². The normalized spacial score (nSPS) is 27.4. The van der Waals surface area contributed by atoms with Gasteiger partial charge >= 0.3 is 0 Å². The van der Waals surface area contributed by atoms with Gasteiger partial charge in [-0.3, -0.25) is 9.79 Å². The highest BCUT2D eigenvalue weighted by molar-refractivity contribution is 14.0. The number of piperidine rings is 1. The van der Waals surface area contributed by atoms with Crippen LogP contribution in [-0.4, -0.2) is 98.7 Å². The van der Waals surface area contributed by atoms with E-state index >= 15 is 0 Å². The van der Waals surface area contributed by atoms with Gasteiger partial charge in [-0.15, -0.1) is 24.0 Å². The minimum atomic E-state index is -0.202. The van der Waals surface area contributed by atoms with Gasteiger partial charge in [0, 0.05) is 52.4 Å². The number of guanidine groups is 1. The van der Waals surface area contributed by atoms with Gasteiger partial charge in [0.2, 0.25) is 0 Å². The molecule has 3 aliphatic heterocycles. The van der Waals surface area contributed by atoms with Crippen molar-refractivity contribution in [3.63, 3.8) is 0 Å². The lowest BCUT2D eigenvalue weighted by atomic mass is 9.99. The SMILES string of the molecule is CCNC(=NCC1CCCN(C)C1)N1CCN(C(=O)C2CCCO2)CC1.I. The van der Waals surface area contributed by atoms with Crippen molar-refractivity contribution >= 4 is 35.8 Å². The van der Waals surface area contributed by atoms with Gasteiger partial charge in [0.1, 0.15) is 6.10 Å². The zero-order valence-corrected chi connectivity index (χ0v) is 19.2. The highest BCUT2D eigenvalue weighted by Crippen LogP contribution is 2.17. The summed E-state index contributed by atoms with van der Waals surface area (Å²) < 4.78 is 5.55. The molecule has 1 N–H and O–H groups in total. The van der Waals surface area contributed by atoms with Gasteiger partial charge in [0.25, 0.3) is 5.91 Å². The summed E-state index contributed by atoms with van der Waals surface area (Å²) in [5, 5.41) is 3.44. The third-order valence-corrected chi connectivity index (χ3v) is 5.65. The number of ether oxygens (including phenoxy) is 1. The number of rotatable bonds is 4. The number of amides is 1. The molecule has 0 aliphatic carbocycles. The Labute approximate surface area is 180 Å². The number of aliphatic imine (C=N–C) groups is 1. The lowest BCUT2D eigenvalue weighted by molar-refractivity contribution is -0.142. The second-order valence-electron chi connectivity index (χ2n) is 7.78. The summed E-state index contributed by atoms with van der Waals surface area (Å²) in [4.78, 5) is 24.1. The Morgan fingerprint density at radius 1 is 1.11 bits per heavy atom. The van der Waals surface area contributed by atoms with E-state index in [1.165, 1.54) is 19.4 Å². The highest BCUT2D eigenvalue weighted by Gasteiger charge is 2.31. The molecule has 7 nitrogen and oxygen atoms in total. The molecule has 0 aromatic rings. The van der Waals surface area contributed by atoms with Gasteiger partial charge in [-0.1, -0.05) is 0 Å². The monoisotopic (exact) mass is 493 g/mol. The largest absolute Gasteiger partial charge is 0.368 e. The molecular formula is C19H36IN5O2. The highest BCUT2D eigenvalue weighted by atomic mass is 127. The molecule has 0 bridgehead atoms. The molecule has 3 saturated heterocycles. The number of piperazine rings is 1. The molecule has 0 spiro atoms. The molecule has 3 heterocycles. The molecule has 0 saturated carbocycles. The second-order valence-corrected chi connectivity index (χ2v) is 7.78. The minimum absolute atomic E-state index is 0. The number of likely N-dealkylation sites (tertiary alicyclic amines) is 1. The first kappa shape index (κ1) is 22.7. The van der Waals surface area contributed by atoms with Crippen molar-refractivity contribution in [1.29, 1.82) is 0 Å².